The van der Waals surface area contributed by atoms with Gasteiger partial charge in [0, 0.05) is 27.2 Å². The number of nitrogens with one attached hydrogen (secondary N) is 1. The molecule has 118 valence electrons. The SMILES string of the molecule is CC1CCN(N=Nc2nc3c([nH]2)c(=O)n(C)c(=O)n3C)CC1. The first-order valence-electron chi connectivity index (χ1n) is 7.29. The fourth-order valence-electron chi connectivity index (χ4n) is 2.55. The maximum atomic E-state index is 12.1. The molecule has 0 radical (unpaired) electrons. The van der Waals surface area contributed by atoms with Gasteiger partial charge in [0.15, 0.2) is 11.2 Å². The zero-order valence-corrected chi connectivity index (χ0v) is 12.9. The predicted octanol–water partition coefficient (Wildman–Crippen LogP) is 0.691. The number of nitrogens with zero attached hydrogens (tertiary/aromatic N) is 6. The van der Waals surface area contributed by atoms with Crippen molar-refractivity contribution in [3.8, 4) is 0 Å². The highest BCUT2D eigenvalue weighted by atomic mass is 16.2. The molecule has 0 aliphatic carbocycles. The minimum Gasteiger partial charge on any atom is -0.315 e. The third-order valence-electron chi connectivity index (χ3n) is 4.11. The van der Waals surface area contributed by atoms with Crippen LogP contribution < -0.4 is 11.2 Å². The largest absolute Gasteiger partial charge is 0.332 e. The Bertz CT molecular complexity index is 836. The molecule has 1 fully saturated rings. The molecule has 0 atom stereocenters. The number of fused-ring (bicyclic) bond motifs is 1. The smallest absolute Gasteiger partial charge is 0.315 e. The van der Waals surface area contributed by atoms with Crippen LogP contribution in [0.25, 0.3) is 11.2 Å². The molecule has 1 aliphatic rings. The fraction of sp³-hybridized carbons (Fsp3) is 0.615. The van der Waals surface area contributed by atoms with Crippen LogP contribution in [0.3, 0.4) is 0 Å². The summed E-state index contributed by atoms with van der Waals surface area (Å²) >= 11 is 0. The Morgan fingerprint density at radius 2 is 1.86 bits per heavy atom. The minimum absolute atomic E-state index is 0.229. The Morgan fingerprint density at radius 1 is 1.18 bits per heavy atom. The first kappa shape index (κ1) is 14.5. The number of piperidine rings is 1. The molecule has 0 unspecified atom stereocenters. The number of hydrogen-bond acceptors (Lipinski definition) is 5. The molecular formula is C13H19N7O2. The van der Waals surface area contributed by atoms with E-state index in [1.54, 1.807) is 7.05 Å². The summed E-state index contributed by atoms with van der Waals surface area (Å²) in [7, 11) is 3.00. The maximum absolute atomic E-state index is 12.1. The summed E-state index contributed by atoms with van der Waals surface area (Å²) in [5.74, 6) is 0.946. The molecule has 22 heavy (non-hydrogen) atoms. The number of H-pyrrole nitrogens is 1. The van der Waals surface area contributed by atoms with Gasteiger partial charge in [-0.05, 0) is 18.8 Å². The number of imidazole rings is 1. The zero-order valence-electron chi connectivity index (χ0n) is 12.9. The van der Waals surface area contributed by atoms with Gasteiger partial charge in [0.2, 0.25) is 0 Å². The van der Waals surface area contributed by atoms with Gasteiger partial charge in [0.25, 0.3) is 11.5 Å². The molecule has 0 aromatic carbocycles. The molecule has 2 aromatic heterocycles. The van der Waals surface area contributed by atoms with Gasteiger partial charge in [-0.15, -0.1) is 0 Å². The third kappa shape index (κ3) is 2.42. The Kier molecular flexibility index (Phi) is 3.55. The van der Waals surface area contributed by atoms with Crippen LogP contribution in [-0.4, -0.2) is 37.2 Å². The van der Waals surface area contributed by atoms with Gasteiger partial charge in [-0.3, -0.25) is 18.9 Å². The van der Waals surface area contributed by atoms with Crippen LogP contribution >= 0.6 is 0 Å². The minimum atomic E-state index is -0.419. The van der Waals surface area contributed by atoms with Gasteiger partial charge in [-0.2, -0.15) is 4.98 Å². The van der Waals surface area contributed by atoms with Gasteiger partial charge in [0.05, 0.1) is 0 Å². The van der Waals surface area contributed by atoms with Gasteiger partial charge in [0.1, 0.15) is 0 Å². The second-order valence-electron chi connectivity index (χ2n) is 5.79. The van der Waals surface area contributed by atoms with E-state index in [0.29, 0.717) is 0 Å². The summed E-state index contributed by atoms with van der Waals surface area (Å²) in [6.07, 6.45) is 2.18. The number of aromatic nitrogens is 4. The number of hydrogen-bond donors (Lipinski definition) is 1. The number of aromatic amines is 1. The van der Waals surface area contributed by atoms with Gasteiger partial charge in [-0.25, -0.2) is 4.79 Å². The average Bonchev–Trinajstić information content (AvgIpc) is 2.95. The topological polar surface area (TPSA) is 101 Å². The van der Waals surface area contributed by atoms with Crippen molar-refractivity contribution in [2.45, 2.75) is 19.8 Å². The molecule has 0 saturated carbocycles. The van der Waals surface area contributed by atoms with Crippen molar-refractivity contribution in [2.75, 3.05) is 13.1 Å². The fourth-order valence-corrected chi connectivity index (χ4v) is 2.55. The van der Waals surface area contributed by atoms with E-state index in [9.17, 15) is 9.59 Å². The van der Waals surface area contributed by atoms with Crippen LogP contribution in [0.15, 0.2) is 19.9 Å². The molecule has 1 saturated heterocycles. The van der Waals surface area contributed by atoms with E-state index in [2.05, 4.69) is 27.2 Å². The molecule has 0 amide bonds. The number of rotatable bonds is 2. The third-order valence-corrected chi connectivity index (χ3v) is 4.11. The van der Waals surface area contributed by atoms with Crippen LogP contribution in [-0.2, 0) is 14.1 Å². The molecule has 3 heterocycles. The molecule has 3 rings (SSSR count). The van der Waals surface area contributed by atoms with Crippen molar-refractivity contribution in [1.82, 2.24) is 24.1 Å². The molecule has 1 N–H and O–H groups in total. The van der Waals surface area contributed by atoms with Gasteiger partial charge in [-0.1, -0.05) is 17.3 Å². The van der Waals surface area contributed by atoms with Crippen molar-refractivity contribution in [3.63, 3.8) is 0 Å². The molecular weight excluding hydrogens is 286 g/mol. The second kappa shape index (κ2) is 5.39. The van der Waals surface area contributed by atoms with Crippen LogP contribution in [0.2, 0.25) is 0 Å². The van der Waals surface area contributed by atoms with E-state index < -0.39 is 11.2 Å². The van der Waals surface area contributed by atoms with Crippen LogP contribution in [0.1, 0.15) is 19.8 Å². The first-order chi connectivity index (χ1) is 10.5. The predicted molar refractivity (Wildman–Crippen MR) is 81.1 cm³/mol. The van der Waals surface area contributed by atoms with Crippen molar-refractivity contribution < 1.29 is 0 Å². The van der Waals surface area contributed by atoms with Crippen molar-refractivity contribution in [1.29, 1.82) is 0 Å². The van der Waals surface area contributed by atoms with Gasteiger partial charge < -0.3 is 4.98 Å². The molecule has 0 spiro atoms. The monoisotopic (exact) mass is 305 g/mol. The zero-order chi connectivity index (χ0) is 15.9. The summed E-state index contributed by atoms with van der Waals surface area (Å²) in [6, 6.07) is 0. The van der Waals surface area contributed by atoms with E-state index in [4.69, 9.17) is 0 Å². The van der Waals surface area contributed by atoms with E-state index in [-0.39, 0.29) is 17.1 Å². The van der Waals surface area contributed by atoms with E-state index in [1.807, 2.05) is 5.01 Å². The summed E-state index contributed by atoms with van der Waals surface area (Å²) in [5, 5.41) is 10.1. The lowest BCUT2D eigenvalue weighted by Crippen LogP contribution is -2.36. The molecule has 9 heteroatoms. The Morgan fingerprint density at radius 3 is 2.55 bits per heavy atom. The standard InChI is InChI=1S/C13H19N7O2/c1-8-4-6-20(7-5-8)17-16-12-14-9-10(15-12)18(2)13(22)19(3)11(9)21/h8H,4-7H2,1-3H3,(H,14,15). The maximum Gasteiger partial charge on any atom is 0.332 e. The average molecular weight is 305 g/mol. The van der Waals surface area contributed by atoms with E-state index >= 15 is 0 Å². The first-order valence-corrected chi connectivity index (χ1v) is 7.29. The van der Waals surface area contributed by atoms with Crippen molar-refractivity contribution >= 4 is 17.1 Å². The quantitative estimate of drug-likeness (QED) is 0.825. The lowest BCUT2D eigenvalue weighted by molar-refractivity contribution is 0.188. The van der Waals surface area contributed by atoms with Crippen LogP contribution in [0.5, 0.6) is 0 Å². The van der Waals surface area contributed by atoms with Crippen molar-refractivity contribution in [3.05, 3.63) is 20.8 Å². The van der Waals surface area contributed by atoms with Crippen LogP contribution in [0.4, 0.5) is 5.95 Å². The lowest BCUT2D eigenvalue weighted by Gasteiger charge is -2.26. The highest BCUT2D eigenvalue weighted by Crippen LogP contribution is 2.18. The number of aryl methyl sites for hydroxylation is 1. The summed E-state index contributed by atoms with van der Waals surface area (Å²) in [5.41, 5.74) is -0.295. The van der Waals surface area contributed by atoms with Crippen LogP contribution in [0, 0.1) is 5.92 Å². The summed E-state index contributed by atoms with van der Waals surface area (Å²) in [4.78, 5) is 30.9. The second-order valence-corrected chi connectivity index (χ2v) is 5.79. The highest BCUT2D eigenvalue weighted by molar-refractivity contribution is 5.71. The molecule has 1 aliphatic heterocycles. The lowest BCUT2D eigenvalue weighted by atomic mass is 10.0. The van der Waals surface area contributed by atoms with Gasteiger partial charge >= 0.3 is 5.69 Å². The highest BCUT2D eigenvalue weighted by Gasteiger charge is 2.15. The summed E-state index contributed by atoms with van der Waals surface area (Å²) in [6.45, 7) is 3.96. The molecule has 9 nitrogen and oxygen atoms in total. The Labute approximate surface area is 126 Å². The molecule has 0 bridgehead atoms. The molecule has 2 aromatic rings. The van der Waals surface area contributed by atoms with Crippen molar-refractivity contribution in [2.24, 2.45) is 30.4 Å². The van der Waals surface area contributed by atoms with E-state index in [1.165, 1.54) is 11.6 Å². The summed E-state index contributed by atoms with van der Waals surface area (Å²) < 4.78 is 2.35. The van der Waals surface area contributed by atoms with E-state index in [0.717, 1.165) is 36.4 Å². The Balaban J connectivity index is 1.93. The normalized spacial score (nSPS) is 17.0. The Hall–Kier alpha value is -2.45.